The van der Waals surface area contributed by atoms with Crippen LogP contribution in [0.3, 0.4) is 0 Å². The first-order chi connectivity index (χ1) is 16.3. The Morgan fingerprint density at radius 1 is 1.21 bits per heavy atom. The number of non-ortho nitro benzene ring substituents is 1. The number of aromatic amines is 1. The first kappa shape index (κ1) is 20.8. The summed E-state index contributed by atoms with van der Waals surface area (Å²) in [5.41, 5.74) is 13.6. The van der Waals surface area contributed by atoms with Crippen LogP contribution in [-0.4, -0.2) is 19.7 Å². The number of nitrogens with one attached hydrogen (secondary N) is 1. The fourth-order valence-corrected chi connectivity index (χ4v) is 4.27. The molecule has 5 rings (SSSR count). The van der Waals surface area contributed by atoms with Gasteiger partial charge in [0.1, 0.15) is 23.2 Å². The summed E-state index contributed by atoms with van der Waals surface area (Å²) in [5, 5.41) is 24.1. The number of aryl methyl sites for hydroxylation is 1. The average Bonchev–Trinajstić information content (AvgIpc) is 3.11. The third kappa shape index (κ3) is 2.97. The van der Waals surface area contributed by atoms with Gasteiger partial charge >= 0.3 is 0 Å². The van der Waals surface area contributed by atoms with Gasteiger partial charge in [-0.05, 0) is 25.1 Å². The summed E-state index contributed by atoms with van der Waals surface area (Å²) in [6.45, 7) is 1.72. The number of pyridine rings is 1. The van der Waals surface area contributed by atoms with Crippen molar-refractivity contribution >= 4 is 17.2 Å². The molecule has 0 saturated heterocycles. The van der Waals surface area contributed by atoms with E-state index in [-0.39, 0.29) is 51.1 Å². The maximum absolute atomic E-state index is 13.7. The van der Waals surface area contributed by atoms with Crippen LogP contribution in [0.4, 0.5) is 17.2 Å². The number of ether oxygens (including phenoxy) is 1. The highest BCUT2D eigenvalue weighted by atomic mass is 16.6. The number of nitrogen functional groups attached to an aromatic ring is 2. The monoisotopic (exact) mass is 455 g/mol. The van der Waals surface area contributed by atoms with Gasteiger partial charge in [0.05, 0.1) is 33.3 Å². The molecule has 2 aromatic heterocycles. The van der Waals surface area contributed by atoms with Crippen LogP contribution in [0.1, 0.15) is 33.9 Å². The number of hydrogen-bond donors (Lipinski definition) is 3. The van der Waals surface area contributed by atoms with Crippen molar-refractivity contribution in [2.45, 2.75) is 12.8 Å². The Bertz CT molecular complexity index is 1580. The number of para-hydroxylation sites is 1. The third-order valence-electron chi connectivity index (χ3n) is 5.81. The van der Waals surface area contributed by atoms with Crippen LogP contribution in [0.15, 0.2) is 53.3 Å². The molecule has 3 heterocycles. The Balaban J connectivity index is 1.85. The smallest absolute Gasteiger partial charge is 0.275 e. The van der Waals surface area contributed by atoms with Crippen LogP contribution in [-0.2, 0) is 0 Å². The molecule has 0 aliphatic carbocycles. The minimum absolute atomic E-state index is 0.00147. The van der Waals surface area contributed by atoms with Crippen molar-refractivity contribution in [1.29, 1.82) is 5.26 Å². The van der Waals surface area contributed by atoms with Crippen LogP contribution >= 0.6 is 0 Å². The molecule has 1 aliphatic heterocycles. The van der Waals surface area contributed by atoms with Crippen LogP contribution in [0.2, 0.25) is 0 Å². The molecular formula is C23H17N7O4. The van der Waals surface area contributed by atoms with Crippen LogP contribution in [0.5, 0.6) is 11.6 Å². The van der Waals surface area contributed by atoms with E-state index in [1.54, 1.807) is 31.2 Å². The van der Waals surface area contributed by atoms with Crippen molar-refractivity contribution in [3.05, 3.63) is 96.9 Å². The second-order valence-corrected chi connectivity index (χ2v) is 7.76. The van der Waals surface area contributed by atoms with E-state index < -0.39 is 10.8 Å². The Labute approximate surface area is 192 Å². The molecule has 4 aromatic rings. The summed E-state index contributed by atoms with van der Waals surface area (Å²) in [5.74, 6) is -0.708. The summed E-state index contributed by atoms with van der Waals surface area (Å²) < 4.78 is 7.25. The Kier molecular flexibility index (Phi) is 4.58. The predicted octanol–water partition coefficient (Wildman–Crippen LogP) is 3.10. The SMILES string of the molecule is Cc1[nH]n(-c2ccccc2)c(=O)c1C1c2cc([N+](=O)[O-])ccc2Oc2nc(N)c(C#N)c(N)c21. The van der Waals surface area contributed by atoms with Gasteiger partial charge in [-0.25, -0.2) is 4.68 Å². The molecule has 34 heavy (non-hydrogen) atoms. The molecule has 5 N–H and O–H groups in total. The van der Waals surface area contributed by atoms with E-state index in [2.05, 4.69) is 10.1 Å². The van der Waals surface area contributed by atoms with Crippen molar-refractivity contribution < 1.29 is 9.66 Å². The fraction of sp³-hybridized carbons (Fsp3) is 0.0870. The second-order valence-electron chi connectivity index (χ2n) is 7.76. The number of nitrogens with two attached hydrogens (primary N) is 2. The number of nitro groups is 1. The van der Waals surface area contributed by atoms with Gasteiger partial charge < -0.3 is 16.2 Å². The zero-order valence-corrected chi connectivity index (χ0v) is 17.8. The molecule has 11 nitrogen and oxygen atoms in total. The molecule has 1 unspecified atom stereocenters. The number of benzene rings is 2. The third-order valence-corrected chi connectivity index (χ3v) is 5.81. The summed E-state index contributed by atoms with van der Waals surface area (Å²) in [4.78, 5) is 28.8. The number of hydrogen-bond acceptors (Lipinski definition) is 8. The van der Waals surface area contributed by atoms with Crippen LogP contribution < -0.4 is 21.8 Å². The molecule has 0 saturated carbocycles. The fourth-order valence-electron chi connectivity index (χ4n) is 4.27. The number of nitro benzene ring substituents is 1. The Morgan fingerprint density at radius 2 is 1.94 bits per heavy atom. The number of anilines is 2. The predicted molar refractivity (Wildman–Crippen MR) is 123 cm³/mol. The maximum atomic E-state index is 13.7. The van der Waals surface area contributed by atoms with Gasteiger partial charge in [-0.3, -0.25) is 20.0 Å². The van der Waals surface area contributed by atoms with E-state index in [0.717, 1.165) is 0 Å². The molecule has 1 aliphatic rings. The van der Waals surface area contributed by atoms with Crippen molar-refractivity contribution in [2.75, 3.05) is 11.5 Å². The minimum Gasteiger partial charge on any atom is -0.438 e. The van der Waals surface area contributed by atoms with E-state index in [0.29, 0.717) is 16.9 Å². The van der Waals surface area contributed by atoms with Gasteiger partial charge in [-0.2, -0.15) is 10.2 Å². The highest BCUT2D eigenvalue weighted by Crippen LogP contribution is 2.50. The van der Waals surface area contributed by atoms with E-state index in [1.807, 2.05) is 12.1 Å². The maximum Gasteiger partial charge on any atom is 0.275 e. The van der Waals surface area contributed by atoms with E-state index in [4.69, 9.17) is 16.2 Å². The lowest BCUT2D eigenvalue weighted by molar-refractivity contribution is -0.384. The molecule has 0 bridgehead atoms. The van der Waals surface area contributed by atoms with Gasteiger partial charge in [0.25, 0.3) is 11.2 Å². The van der Waals surface area contributed by atoms with Crippen molar-refractivity contribution in [1.82, 2.24) is 14.8 Å². The number of H-pyrrole nitrogens is 1. The number of nitrogens with zero attached hydrogens (tertiary/aromatic N) is 4. The van der Waals surface area contributed by atoms with Crippen molar-refractivity contribution in [3.63, 3.8) is 0 Å². The number of aromatic nitrogens is 3. The lowest BCUT2D eigenvalue weighted by Crippen LogP contribution is -2.24. The molecule has 0 spiro atoms. The van der Waals surface area contributed by atoms with E-state index in [9.17, 15) is 20.2 Å². The normalized spacial score (nSPS) is 13.9. The lowest BCUT2D eigenvalue weighted by Gasteiger charge is -2.28. The van der Waals surface area contributed by atoms with E-state index in [1.165, 1.54) is 22.9 Å². The molecular weight excluding hydrogens is 438 g/mol. The Hall–Kier alpha value is -5.11. The molecule has 1 atom stereocenters. The number of fused-ring (bicyclic) bond motifs is 2. The summed E-state index contributed by atoms with van der Waals surface area (Å²) >= 11 is 0. The summed E-state index contributed by atoms with van der Waals surface area (Å²) in [6, 6.07) is 15.0. The van der Waals surface area contributed by atoms with E-state index >= 15 is 0 Å². The highest BCUT2D eigenvalue weighted by Gasteiger charge is 2.38. The summed E-state index contributed by atoms with van der Waals surface area (Å²) in [6.07, 6.45) is 0. The van der Waals surface area contributed by atoms with Gasteiger partial charge in [0, 0.05) is 23.4 Å². The Morgan fingerprint density at radius 3 is 2.62 bits per heavy atom. The first-order valence-corrected chi connectivity index (χ1v) is 10.1. The standard InChI is InChI=1S/C23H17N7O4/c1-11-17(23(31)29(28-11)12-5-3-2-4-6-12)18-14-9-13(30(32)33)7-8-16(14)34-22-19(18)20(25)15(10-24)21(26)27-22/h2-9,18,28H,1H3,(H4,25,26,27). The minimum atomic E-state index is -0.896. The van der Waals surface area contributed by atoms with Gasteiger partial charge in [0.2, 0.25) is 5.88 Å². The van der Waals surface area contributed by atoms with Crippen molar-refractivity contribution in [2.24, 2.45) is 0 Å². The summed E-state index contributed by atoms with van der Waals surface area (Å²) in [7, 11) is 0. The molecule has 2 aromatic carbocycles. The zero-order valence-electron chi connectivity index (χ0n) is 17.8. The largest absolute Gasteiger partial charge is 0.438 e. The zero-order chi connectivity index (χ0) is 24.1. The van der Waals surface area contributed by atoms with Gasteiger partial charge in [-0.1, -0.05) is 18.2 Å². The number of rotatable bonds is 3. The topological polar surface area (TPSA) is 179 Å². The molecule has 11 heteroatoms. The molecule has 0 radical (unpaired) electrons. The number of nitriles is 1. The van der Waals surface area contributed by atoms with Gasteiger partial charge in [-0.15, -0.1) is 0 Å². The van der Waals surface area contributed by atoms with Crippen LogP contribution in [0.25, 0.3) is 5.69 Å². The molecule has 0 amide bonds. The lowest BCUT2D eigenvalue weighted by atomic mass is 9.82. The second kappa shape index (κ2) is 7.49. The average molecular weight is 455 g/mol. The van der Waals surface area contributed by atoms with Crippen molar-refractivity contribution in [3.8, 4) is 23.4 Å². The van der Waals surface area contributed by atoms with Gasteiger partial charge in [0.15, 0.2) is 0 Å². The molecule has 0 fully saturated rings. The quantitative estimate of drug-likeness (QED) is 0.274. The highest BCUT2D eigenvalue weighted by molar-refractivity contribution is 5.75. The molecule has 168 valence electrons. The first-order valence-electron chi connectivity index (χ1n) is 10.1. The van der Waals surface area contributed by atoms with Crippen LogP contribution in [0, 0.1) is 28.4 Å².